The fourth-order valence-electron chi connectivity index (χ4n) is 2.08. The number of rotatable bonds is 6. The monoisotopic (exact) mass is 333 g/mol. The second-order valence-electron chi connectivity index (χ2n) is 4.81. The first-order valence-electron chi connectivity index (χ1n) is 6.93. The lowest BCUT2D eigenvalue weighted by molar-refractivity contribution is 0.0597. The molecule has 2 rings (SSSR count). The number of amides is 1. The summed E-state index contributed by atoms with van der Waals surface area (Å²) in [5.74, 6) is -1.26. The SMILES string of the molecule is COC(=O)c1cc(F)ccc1COc1ccc(OC)cc1C(N)=O. The summed E-state index contributed by atoms with van der Waals surface area (Å²) in [6.45, 7) is -0.0721. The predicted molar refractivity (Wildman–Crippen MR) is 83.6 cm³/mol. The van der Waals surface area contributed by atoms with Gasteiger partial charge in [0, 0.05) is 5.56 Å². The number of primary amides is 1. The van der Waals surface area contributed by atoms with Crippen LogP contribution < -0.4 is 15.2 Å². The van der Waals surface area contributed by atoms with E-state index in [2.05, 4.69) is 4.74 Å². The summed E-state index contributed by atoms with van der Waals surface area (Å²) in [6, 6.07) is 8.26. The van der Waals surface area contributed by atoms with E-state index >= 15 is 0 Å². The van der Waals surface area contributed by atoms with Crippen LogP contribution in [0.1, 0.15) is 26.3 Å². The Kier molecular flexibility index (Phi) is 5.36. The number of halogens is 1. The topological polar surface area (TPSA) is 87.8 Å². The highest BCUT2D eigenvalue weighted by molar-refractivity contribution is 5.96. The molecule has 0 spiro atoms. The van der Waals surface area contributed by atoms with E-state index < -0.39 is 17.7 Å². The highest BCUT2D eigenvalue weighted by atomic mass is 19.1. The van der Waals surface area contributed by atoms with Crippen molar-refractivity contribution in [2.45, 2.75) is 6.61 Å². The smallest absolute Gasteiger partial charge is 0.338 e. The highest BCUT2D eigenvalue weighted by Crippen LogP contribution is 2.25. The van der Waals surface area contributed by atoms with Crippen LogP contribution in [0, 0.1) is 5.82 Å². The minimum Gasteiger partial charge on any atom is -0.497 e. The quantitative estimate of drug-likeness (QED) is 0.820. The Bertz CT molecular complexity index is 776. The second kappa shape index (κ2) is 7.45. The molecule has 0 fully saturated rings. The molecule has 0 atom stereocenters. The zero-order valence-corrected chi connectivity index (χ0v) is 13.2. The Labute approximate surface area is 137 Å². The van der Waals surface area contributed by atoms with Gasteiger partial charge in [0.25, 0.3) is 5.91 Å². The van der Waals surface area contributed by atoms with E-state index in [0.29, 0.717) is 11.3 Å². The molecule has 6 nitrogen and oxygen atoms in total. The van der Waals surface area contributed by atoms with Gasteiger partial charge in [-0.25, -0.2) is 9.18 Å². The maximum absolute atomic E-state index is 13.3. The van der Waals surface area contributed by atoms with Gasteiger partial charge >= 0.3 is 5.97 Å². The molecule has 0 aliphatic heterocycles. The number of carbonyl (C=O) groups is 2. The summed E-state index contributed by atoms with van der Waals surface area (Å²) >= 11 is 0. The van der Waals surface area contributed by atoms with Crippen molar-refractivity contribution in [1.82, 2.24) is 0 Å². The van der Waals surface area contributed by atoms with Crippen LogP contribution in [0.15, 0.2) is 36.4 Å². The summed E-state index contributed by atoms with van der Waals surface area (Å²) in [4.78, 5) is 23.3. The predicted octanol–water partition coefficient (Wildman–Crippen LogP) is 2.30. The summed E-state index contributed by atoms with van der Waals surface area (Å²) in [5, 5.41) is 0. The van der Waals surface area contributed by atoms with Crippen molar-refractivity contribution in [3.8, 4) is 11.5 Å². The molecule has 0 unspecified atom stereocenters. The average molecular weight is 333 g/mol. The number of methoxy groups -OCH3 is 2. The first-order valence-corrected chi connectivity index (χ1v) is 6.93. The van der Waals surface area contributed by atoms with Crippen LogP contribution in [0.5, 0.6) is 11.5 Å². The van der Waals surface area contributed by atoms with Gasteiger partial charge in [-0.1, -0.05) is 6.07 Å². The number of hydrogen-bond acceptors (Lipinski definition) is 5. The van der Waals surface area contributed by atoms with Crippen LogP contribution in [-0.2, 0) is 11.3 Å². The lowest BCUT2D eigenvalue weighted by Crippen LogP contribution is -2.14. The lowest BCUT2D eigenvalue weighted by Gasteiger charge is -2.13. The normalized spacial score (nSPS) is 10.1. The van der Waals surface area contributed by atoms with E-state index in [9.17, 15) is 14.0 Å². The van der Waals surface area contributed by atoms with Gasteiger partial charge < -0.3 is 19.9 Å². The zero-order chi connectivity index (χ0) is 17.7. The van der Waals surface area contributed by atoms with Gasteiger partial charge in [0.15, 0.2) is 0 Å². The van der Waals surface area contributed by atoms with E-state index in [1.165, 1.54) is 38.5 Å². The Morgan fingerprint density at radius 3 is 2.46 bits per heavy atom. The number of hydrogen-bond donors (Lipinski definition) is 1. The number of benzene rings is 2. The third-order valence-corrected chi connectivity index (χ3v) is 3.31. The minimum absolute atomic E-state index is 0.0478. The van der Waals surface area contributed by atoms with Gasteiger partial charge in [0.05, 0.1) is 25.3 Å². The molecule has 24 heavy (non-hydrogen) atoms. The van der Waals surface area contributed by atoms with Crippen molar-refractivity contribution >= 4 is 11.9 Å². The first kappa shape index (κ1) is 17.3. The van der Waals surface area contributed by atoms with Gasteiger partial charge in [-0.3, -0.25) is 4.79 Å². The average Bonchev–Trinajstić information content (AvgIpc) is 2.59. The summed E-state index contributed by atoms with van der Waals surface area (Å²) < 4.78 is 28.6. The van der Waals surface area contributed by atoms with E-state index in [0.717, 1.165) is 6.07 Å². The molecule has 0 bridgehead atoms. The molecule has 0 saturated heterocycles. The number of esters is 1. The second-order valence-corrected chi connectivity index (χ2v) is 4.81. The van der Waals surface area contributed by atoms with Crippen LogP contribution in [0.3, 0.4) is 0 Å². The molecule has 2 aromatic carbocycles. The van der Waals surface area contributed by atoms with Gasteiger partial charge in [-0.2, -0.15) is 0 Å². The van der Waals surface area contributed by atoms with Gasteiger partial charge in [-0.05, 0) is 30.3 Å². The van der Waals surface area contributed by atoms with Crippen molar-refractivity contribution < 1.29 is 28.2 Å². The van der Waals surface area contributed by atoms with Crippen molar-refractivity contribution in [2.75, 3.05) is 14.2 Å². The zero-order valence-electron chi connectivity index (χ0n) is 13.2. The molecule has 0 heterocycles. The van der Waals surface area contributed by atoms with E-state index in [-0.39, 0.29) is 23.5 Å². The standard InChI is InChI=1S/C17H16FNO5/c1-22-12-5-6-15(14(8-12)16(19)20)24-9-10-3-4-11(18)7-13(10)17(21)23-2/h3-8H,9H2,1-2H3,(H2,19,20). The van der Waals surface area contributed by atoms with Crippen molar-refractivity contribution in [1.29, 1.82) is 0 Å². The van der Waals surface area contributed by atoms with Gasteiger partial charge in [0.1, 0.15) is 23.9 Å². The molecule has 0 aromatic heterocycles. The fourth-order valence-corrected chi connectivity index (χ4v) is 2.08. The molecule has 0 radical (unpaired) electrons. The maximum atomic E-state index is 13.3. The molecular weight excluding hydrogens is 317 g/mol. The third kappa shape index (κ3) is 3.81. The fraction of sp³-hybridized carbons (Fsp3) is 0.176. The summed E-state index contributed by atoms with van der Waals surface area (Å²) in [7, 11) is 2.66. The maximum Gasteiger partial charge on any atom is 0.338 e. The van der Waals surface area contributed by atoms with Crippen LogP contribution in [-0.4, -0.2) is 26.1 Å². The molecular formula is C17H16FNO5. The summed E-state index contributed by atoms with van der Waals surface area (Å²) in [5.41, 5.74) is 5.92. The van der Waals surface area contributed by atoms with Crippen molar-refractivity contribution in [3.05, 3.63) is 58.9 Å². The summed E-state index contributed by atoms with van der Waals surface area (Å²) in [6.07, 6.45) is 0. The Hall–Kier alpha value is -3.09. The van der Waals surface area contributed by atoms with Crippen LogP contribution >= 0.6 is 0 Å². The minimum atomic E-state index is -0.684. The van der Waals surface area contributed by atoms with Crippen LogP contribution in [0.2, 0.25) is 0 Å². The molecule has 2 aromatic rings. The van der Waals surface area contributed by atoms with Gasteiger partial charge in [0.2, 0.25) is 0 Å². The number of ether oxygens (including phenoxy) is 3. The van der Waals surface area contributed by atoms with Crippen molar-refractivity contribution in [3.63, 3.8) is 0 Å². The van der Waals surface area contributed by atoms with Crippen molar-refractivity contribution in [2.24, 2.45) is 5.73 Å². The number of carbonyl (C=O) groups excluding carboxylic acids is 2. The van der Waals surface area contributed by atoms with Gasteiger partial charge in [-0.15, -0.1) is 0 Å². The molecule has 7 heteroatoms. The molecule has 126 valence electrons. The molecule has 1 amide bonds. The van der Waals surface area contributed by atoms with Crippen LogP contribution in [0.4, 0.5) is 4.39 Å². The molecule has 0 saturated carbocycles. The van der Waals surface area contributed by atoms with E-state index in [1.807, 2.05) is 0 Å². The Morgan fingerprint density at radius 2 is 1.83 bits per heavy atom. The number of nitrogens with two attached hydrogens (primary N) is 1. The third-order valence-electron chi connectivity index (χ3n) is 3.31. The lowest BCUT2D eigenvalue weighted by atomic mass is 10.1. The molecule has 0 aliphatic carbocycles. The van der Waals surface area contributed by atoms with E-state index in [4.69, 9.17) is 15.2 Å². The van der Waals surface area contributed by atoms with Crippen LogP contribution in [0.25, 0.3) is 0 Å². The van der Waals surface area contributed by atoms with E-state index in [1.54, 1.807) is 6.07 Å². The molecule has 0 aliphatic rings. The Balaban J connectivity index is 2.29. The molecule has 2 N–H and O–H groups in total. The largest absolute Gasteiger partial charge is 0.497 e. The Morgan fingerprint density at radius 1 is 1.08 bits per heavy atom. The first-order chi connectivity index (χ1) is 11.5. The highest BCUT2D eigenvalue weighted by Gasteiger charge is 2.16.